The molecular formula is C30H53N2O2+. The summed E-state index contributed by atoms with van der Waals surface area (Å²) in [5.41, 5.74) is 7.71. The van der Waals surface area contributed by atoms with Gasteiger partial charge < -0.3 is 15.7 Å². The van der Waals surface area contributed by atoms with E-state index in [4.69, 9.17) is 5.73 Å². The first kappa shape index (κ1) is 27.5. The molecule has 3 rings (SSSR count). The van der Waals surface area contributed by atoms with E-state index in [9.17, 15) is 9.90 Å². The van der Waals surface area contributed by atoms with Crippen LogP contribution in [0, 0.1) is 11.3 Å². The van der Waals surface area contributed by atoms with Gasteiger partial charge in [0.15, 0.2) is 0 Å². The van der Waals surface area contributed by atoms with E-state index in [1.165, 1.54) is 115 Å². The first-order chi connectivity index (χ1) is 16.6. The maximum atomic E-state index is 12.3. The Balaban J connectivity index is 1.66. The first-order valence-electron chi connectivity index (χ1n) is 14.8. The number of nitrogens with two attached hydrogens (primary N) is 1. The highest BCUT2D eigenvalue weighted by molar-refractivity contribution is 5.88. The van der Waals surface area contributed by atoms with Gasteiger partial charge in [-0.3, -0.25) is 0 Å². The number of unbranched alkanes of at least 4 members (excludes halogenated alkanes) is 7. The molecule has 3 atom stereocenters. The minimum absolute atomic E-state index is 0.0622. The van der Waals surface area contributed by atoms with Crippen molar-refractivity contribution in [2.75, 3.05) is 26.2 Å². The molecule has 1 fully saturated rings. The maximum absolute atomic E-state index is 12.3. The van der Waals surface area contributed by atoms with Crippen LogP contribution < -0.4 is 10.6 Å². The molecule has 194 valence electrons. The van der Waals surface area contributed by atoms with Crippen molar-refractivity contribution in [3.63, 3.8) is 0 Å². The summed E-state index contributed by atoms with van der Waals surface area (Å²) in [6.45, 7) is 4.38. The molecule has 34 heavy (non-hydrogen) atoms. The van der Waals surface area contributed by atoms with Crippen molar-refractivity contribution in [1.29, 1.82) is 0 Å². The summed E-state index contributed by atoms with van der Waals surface area (Å²) in [5.74, 6) is -0.455. The van der Waals surface area contributed by atoms with Gasteiger partial charge in [-0.15, -0.1) is 0 Å². The maximum Gasteiger partial charge on any atom is 0.331 e. The second-order valence-corrected chi connectivity index (χ2v) is 11.6. The van der Waals surface area contributed by atoms with E-state index in [0.29, 0.717) is 0 Å². The number of carbonyl (C=O) groups is 1. The number of aliphatic carboxylic acids is 1. The fourth-order valence-corrected chi connectivity index (χ4v) is 6.97. The number of carboxylic acids is 1. The molecule has 1 aliphatic carbocycles. The van der Waals surface area contributed by atoms with Crippen LogP contribution >= 0.6 is 0 Å². The Morgan fingerprint density at radius 2 is 1.50 bits per heavy atom. The van der Waals surface area contributed by atoms with Gasteiger partial charge in [0.25, 0.3) is 0 Å². The molecule has 0 aromatic carbocycles. The molecule has 4 N–H and O–H groups in total. The molecule has 3 aliphatic rings. The Kier molecular flexibility index (Phi) is 12.2. The Labute approximate surface area is 209 Å². The highest BCUT2D eigenvalue weighted by Crippen LogP contribution is 2.46. The number of quaternary nitrogens is 1. The van der Waals surface area contributed by atoms with Crippen molar-refractivity contribution in [2.45, 2.75) is 122 Å². The fraction of sp³-hybridized carbons (Fsp3) is 0.833. The van der Waals surface area contributed by atoms with Crippen molar-refractivity contribution in [2.24, 2.45) is 17.1 Å². The highest BCUT2D eigenvalue weighted by Gasteiger charge is 2.48. The lowest BCUT2D eigenvalue weighted by molar-refractivity contribution is -0.913. The average Bonchev–Trinajstić information content (AvgIpc) is 2.83. The topological polar surface area (TPSA) is 67.8 Å². The normalized spacial score (nSPS) is 28.5. The predicted octanol–water partition coefficient (Wildman–Crippen LogP) is 5.82. The zero-order valence-electron chi connectivity index (χ0n) is 21.9. The van der Waals surface area contributed by atoms with E-state index in [0.717, 1.165) is 44.5 Å². The molecule has 0 spiro atoms. The van der Waals surface area contributed by atoms with E-state index in [1.807, 2.05) is 0 Å². The Morgan fingerprint density at radius 1 is 0.882 bits per heavy atom. The lowest BCUT2D eigenvalue weighted by atomic mass is 9.61. The molecule has 2 heterocycles. The number of allylic oxidation sites excluding steroid dienone is 2. The molecule has 4 nitrogen and oxygen atoms in total. The SMILES string of the molecule is NCCCCCCCCCC[C@]12C=C3C=C(C(=O)O)[C@H]1CC[NH+](CCCCCCCCCC3)C2. The Hall–Kier alpha value is -1.13. The van der Waals surface area contributed by atoms with Gasteiger partial charge in [0.05, 0.1) is 19.6 Å². The summed E-state index contributed by atoms with van der Waals surface area (Å²) < 4.78 is 0. The van der Waals surface area contributed by atoms with E-state index >= 15 is 0 Å². The van der Waals surface area contributed by atoms with Crippen molar-refractivity contribution in [3.05, 3.63) is 23.3 Å². The van der Waals surface area contributed by atoms with Gasteiger partial charge in [0, 0.05) is 23.3 Å². The lowest BCUT2D eigenvalue weighted by Gasteiger charge is -2.47. The molecule has 1 unspecified atom stereocenters. The van der Waals surface area contributed by atoms with E-state index in [-0.39, 0.29) is 11.3 Å². The second kappa shape index (κ2) is 15.1. The molecule has 0 aromatic rings. The smallest absolute Gasteiger partial charge is 0.331 e. The number of nitrogens with one attached hydrogen (secondary N) is 1. The zero-order valence-corrected chi connectivity index (χ0v) is 21.9. The summed E-state index contributed by atoms with van der Waals surface area (Å²) >= 11 is 0. The minimum Gasteiger partial charge on any atom is -0.478 e. The number of carboxylic acid groups (broad SMARTS) is 1. The zero-order chi connectivity index (χ0) is 24.1. The third-order valence-electron chi connectivity index (χ3n) is 8.84. The van der Waals surface area contributed by atoms with Gasteiger partial charge in [0.2, 0.25) is 0 Å². The van der Waals surface area contributed by atoms with Crippen LogP contribution in [0.1, 0.15) is 122 Å². The molecule has 0 aromatic heterocycles. The number of hydrogen-bond donors (Lipinski definition) is 3. The first-order valence-corrected chi connectivity index (χ1v) is 14.8. The van der Waals surface area contributed by atoms with Gasteiger partial charge in [-0.05, 0) is 51.1 Å². The van der Waals surface area contributed by atoms with Crippen LogP contribution in [0.5, 0.6) is 0 Å². The van der Waals surface area contributed by atoms with Crippen LogP contribution in [0.25, 0.3) is 0 Å². The third-order valence-corrected chi connectivity index (χ3v) is 8.84. The summed E-state index contributed by atoms with van der Waals surface area (Å²) in [7, 11) is 0. The number of piperidine rings is 1. The fourth-order valence-electron chi connectivity index (χ4n) is 6.97. The quantitative estimate of drug-likeness (QED) is 0.331. The largest absolute Gasteiger partial charge is 0.478 e. The third kappa shape index (κ3) is 8.52. The van der Waals surface area contributed by atoms with E-state index in [1.54, 1.807) is 4.90 Å². The number of fused-ring (bicyclic) bond motifs is 1. The molecule has 0 radical (unpaired) electrons. The number of rotatable bonds is 11. The minimum atomic E-state index is -0.668. The second-order valence-electron chi connectivity index (χ2n) is 11.6. The van der Waals surface area contributed by atoms with Crippen LogP contribution in [-0.2, 0) is 4.79 Å². The molecule has 3 bridgehead atoms. The molecule has 0 amide bonds. The van der Waals surface area contributed by atoms with Crippen LogP contribution in [0.15, 0.2) is 23.3 Å². The number of hydrogen-bond acceptors (Lipinski definition) is 2. The van der Waals surface area contributed by atoms with Crippen LogP contribution in [0.3, 0.4) is 0 Å². The lowest BCUT2D eigenvalue weighted by Crippen LogP contribution is -3.14. The Morgan fingerprint density at radius 3 is 2.18 bits per heavy atom. The van der Waals surface area contributed by atoms with Gasteiger partial charge >= 0.3 is 5.97 Å². The van der Waals surface area contributed by atoms with Gasteiger partial charge in [0.1, 0.15) is 0 Å². The summed E-state index contributed by atoms with van der Waals surface area (Å²) in [4.78, 5) is 14.1. The molecule has 4 heteroatoms. The van der Waals surface area contributed by atoms with Gasteiger partial charge in [-0.2, -0.15) is 0 Å². The van der Waals surface area contributed by atoms with Crippen LogP contribution in [0.2, 0.25) is 0 Å². The molecule has 2 aliphatic heterocycles. The van der Waals surface area contributed by atoms with E-state index < -0.39 is 5.97 Å². The molecule has 0 saturated carbocycles. The summed E-state index contributed by atoms with van der Waals surface area (Å²) in [6, 6.07) is 0. The summed E-state index contributed by atoms with van der Waals surface area (Å²) in [5, 5.41) is 10.2. The monoisotopic (exact) mass is 473 g/mol. The van der Waals surface area contributed by atoms with Crippen LogP contribution in [-0.4, -0.2) is 37.3 Å². The average molecular weight is 474 g/mol. The van der Waals surface area contributed by atoms with Crippen molar-refractivity contribution >= 4 is 5.97 Å². The van der Waals surface area contributed by atoms with Crippen molar-refractivity contribution in [1.82, 2.24) is 0 Å². The molecule has 1 saturated heterocycles. The van der Waals surface area contributed by atoms with Crippen molar-refractivity contribution < 1.29 is 14.8 Å². The van der Waals surface area contributed by atoms with E-state index in [2.05, 4.69) is 12.2 Å². The van der Waals surface area contributed by atoms with Gasteiger partial charge in [-0.25, -0.2) is 4.79 Å². The summed E-state index contributed by atoms with van der Waals surface area (Å²) in [6.07, 6.45) is 28.9. The Bertz CT molecular complexity index is 671. The van der Waals surface area contributed by atoms with Gasteiger partial charge in [-0.1, -0.05) is 88.7 Å². The standard InChI is InChI=1S/C30H52N2O2/c31-20-15-11-7-3-2-6-10-14-19-30-24-26-17-13-9-5-1-4-8-12-16-21-32(25-30)22-18-28(30)27(23-26)29(33)34/h23-24,28H,1-22,25,31H2,(H,33,34)/p+1/t28-,30-/m1/s1. The van der Waals surface area contributed by atoms with Crippen LogP contribution in [0.4, 0.5) is 0 Å². The van der Waals surface area contributed by atoms with Crippen molar-refractivity contribution in [3.8, 4) is 0 Å². The molecular weight excluding hydrogens is 420 g/mol. The highest BCUT2D eigenvalue weighted by atomic mass is 16.4. The predicted molar refractivity (Wildman–Crippen MR) is 142 cm³/mol.